The summed E-state index contributed by atoms with van der Waals surface area (Å²) in [6.45, 7) is 4.98. The number of benzene rings is 1. The number of rotatable bonds is 9. The van der Waals surface area contributed by atoms with Crippen LogP contribution in [0.4, 0.5) is 0 Å². The molecule has 1 aromatic rings. The zero-order chi connectivity index (χ0) is 14.1. The summed E-state index contributed by atoms with van der Waals surface area (Å²) in [5.41, 5.74) is 6.43. The molecular formula is C15H24N2OS. The zero-order valence-electron chi connectivity index (χ0n) is 11.9. The second-order valence-electron chi connectivity index (χ2n) is 4.39. The molecule has 0 heterocycles. The van der Waals surface area contributed by atoms with Crippen LogP contribution in [0.1, 0.15) is 45.1 Å². The number of unbranched alkanes of at least 4 members (excludes halogenated alkanes) is 3. The predicted molar refractivity (Wildman–Crippen MR) is 83.5 cm³/mol. The largest absolute Gasteiger partial charge is 0.493 e. The van der Waals surface area contributed by atoms with Gasteiger partial charge >= 0.3 is 0 Å². The van der Waals surface area contributed by atoms with Crippen molar-refractivity contribution in [3.05, 3.63) is 23.8 Å². The summed E-state index contributed by atoms with van der Waals surface area (Å²) in [7, 11) is 0. The summed E-state index contributed by atoms with van der Waals surface area (Å²) in [5, 5.41) is 7.73. The van der Waals surface area contributed by atoms with Gasteiger partial charge in [0, 0.05) is 4.90 Å². The van der Waals surface area contributed by atoms with Crippen LogP contribution < -0.4 is 10.5 Å². The molecular weight excluding hydrogens is 256 g/mol. The molecule has 0 unspecified atom stereocenters. The first-order chi connectivity index (χ1) is 9.20. The molecule has 0 fully saturated rings. The van der Waals surface area contributed by atoms with Crippen LogP contribution in [-0.4, -0.2) is 18.2 Å². The monoisotopic (exact) mass is 280 g/mol. The lowest BCUT2D eigenvalue weighted by Crippen LogP contribution is -2.15. The van der Waals surface area contributed by atoms with E-state index in [0.717, 1.165) is 28.4 Å². The van der Waals surface area contributed by atoms with Crippen LogP contribution >= 0.6 is 11.8 Å². The molecule has 0 aromatic heterocycles. The molecule has 0 atom stereocenters. The van der Waals surface area contributed by atoms with E-state index in [9.17, 15) is 0 Å². The second kappa shape index (κ2) is 8.86. The maximum absolute atomic E-state index is 7.73. The average molecular weight is 280 g/mol. The number of nitrogen functional groups attached to an aromatic ring is 1. The molecule has 0 bridgehead atoms. The number of amidine groups is 1. The molecule has 1 rings (SSSR count). The molecule has 0 saturated heterocycles. The Kier molecular flexibility index (Phi) is 7.41. The highest BCUT2D eigenvalue weighted by atomic mass is 32.2. The fraction of sp³-hybridized carbons (Fsp3) is 0.533. The van der Waals surface area contributed by atoms with Crippen molar-refractivity contribution in [3.8, 4) is 5.75 Å². The summed E-state index contributed by atoms with van der Waals surface area (Å²) in [6.07, 6.45) is 4.71. The van der Waals surface area contributed by atoms with Crippen LogP contribution in [0.3, 0.4) is 0 Å². The molecule has 0 aliphatic carbocycles. The van der Waals surface area contributed by atoms with Crippen LogP contribution in [0.5, 0.6) is 5.75 Å². The van der Waals surface area contributed by atoms with E-state index in [2.05, 4.69) is 13.8 Å². The van der Waals surface area contributed by atoms with Gasteiger partial charge in [0.1, 0.15) is 11.6 Å². The van der Waals surface area contributed by atoms with E-state index in [4.69, 9.17) is 15.9 Å². The predicted octanol–water partition coefficient (Wildman–Crippen LogP) is 4.04. The van der Waals surface area contributed by atoms with Gasteiger partial charge in [0.25, 0.3) is 0 Å². The molecule has 0 amide bonds. The van der Waals surface area contributed by atoms with Crippen LogP contribution in [0, 0.1) is 5.41 Å². The standard InChI is InChI=1S/C15H24N2OS/c1-3-5-6-7-11-18-12-9-8-10-13(19-4-2)14(12)15(16)17/h8-10H,3-7,11H2,1-2H3,(H3,16,17). The molecule has 106 valence electrons. The van der Waals surface area contributed by atoms with Crippen molar-refractivity contribution in [3.63, 3.8) is 0 Å². The summed E-state index contributed by atoms with van der Waals surface area (Å²) in [5.74, 6) is 1.78. The van der Waals surface area contributed by atoms with Gasteiger partial charge in [0.05, 0.1) is 12.2 Å². The van der Waals surface area contributed by atoms with Gasteiger partial charge in [-0.3, -0.25) is 5.41 Å². The Balaban J connectivity index is 2.70. The van der Waals surface area contributed by atoms with Crippen LogP contribution in [0.15, 0.2) is 23.1 Å². The first-order valence-corrected chi connectivity index (χ1v) is 7.92. The molecule has 3 N–H and O–H groups in total. The Morgan fingerprint density at radius 2 is 2.05 bits per heavy atom. The smallest absolute Gasteiger partial charge is 0.131 e. The minimum atomic E-state index is 0.0834. The molecule has 3 nitrogen and oxygen atoms in total. The van der Waals surface area contributed by atoms with Crippen molar-refractivity contribution in [2.24, 2.45) is 5.73 Å². The fourth-order valence-electron chi connectivity index (χ4n) is 1.88. The van der Waals surface area contributed by atoms with Gasteiger partial charge in [-0.15, -0.1) is 11.8 Å². The van der Waals surface area contributed by atoms with Crippen LogP contribution in [0.2, 0.25) is 0 Å². The van der Waals surface area contributed by atoms with E-state index in [1.54, 1.807) is 11.8 Å². The van der Waals surface area contributed by atoms with E-state index in [-0.39, 0.29) is 5.84 Å². The van der Waals surface area contributed by atoms with Crippen molar-refractivity contribution in [1.29, 1.82) is 5.41 Å². The highest BCUT2D eigenvalue weighted by Crippen LogP contribution is 2.29. The lowest BCUT2D eigenvalue weighted by Gasteiger charge is -2.14. The normalized spacial score (nSPS) is 10.4. The molecule has 0 spiro atoms. The number of hydrogen-bond acceptors (Lipinski definition) is 3. The van der Waals surface area contributed by atoms with Gasteiger partial charge < -0.3 is 10.5 Å². The minimum absolute atomic E-state index is 0.0834. The van der Waals surface area contributed by atoms with Crippen molar-refractivity contribution >= 4 is 17.6 Å². The highest BCUT2D eigenvalue weighted by molar-refractivity contribution is 7.99. The SMILES string of the molecule is CCCCCCOc1cccc(SCC)c1C(=N)N. The van der Waals surface area contributed by atoms with Crippen LogP contribution in [0.25, 0.3) is 0 Å². The van der Waals surface area contributed by atoms with Crippen molar-refractivity contribution in [1.82, 2.24) is 0 Å². The van der Waals surface area contributed by atoms with Crippen molar-refractivity contribution in [2.45, 2.75) is 44.4 Å². The van der Waals surface area contributed by atoms with Gasteiger partial charge in [0.15, 0.2) is 0 Å². The Hall–Kier alpha value is -1.16. The molecule has 19 heavy (non-hydrogen) atoms. The topological polar surface area (TPSA) is 59.1 Å². The van der Waals surface area contributed by atoms with E-state index >= 15 is 0 Å². The fourth-order valence-corrected chi connectivity index (χ4v) is 2.72. The summed E-state index contributed by atoms with van der Waals surface area (Å²) in [6, 6.07) is 5.86. The van der Waals surface area contributed by atoms with E-state index in [0.29, 0.717) is 6.61 Å². The zero-order valence-corrected chi connectivity index (χ0v) is 12.7. The Morgan fingerprint density at radius 1 is 1.26 bits per heavy atom. The molecule has 0 radical (unpaired) electrons. The number of hydrogen-bond donors (Lipinski definition) is 2. The number of ether oxygens (including phenoxy) is 1. The molecule has 1 aromatic carbocycles. The van der Waals surface area contributed by atoms with Crippen molar-refractivity contribution in [2.75, 3.05) is 12.4 Å². The first-order valence-electron chi connectivity index (χ1n) is 6.93. The highest BCUT2D eigenvalue weighted by Gasteiger charge is 2.12. The maximum atomic E-state index is 7.73. The third kappa shape index (κ3) is 5.15. The number of nitrogens with two attached hydrogens (primary N) is 1. The van der Waals surface area contributed by atoms with Gasteiger partial charge in [-0.25, -0.2) is 0 Å². The maximum Gasteiger partial charge on any atom is 0.131 e. The van der Waals surface area contributed by atoms with Crippen LogP contribution in [-0.2, 0) is 0 Å². The summed E-state index contributed by atoms with van der Waals surface area (Å²) in [4.78, 5) is 1.03. The minimum Gasteiger partial charge on any atom is -0.493 e. The summed E-state index contributed by atoms with van der Waals surface area (Å²) < 4.78 is 5.80. The number of thioether (sulfide) groups is 1. The van der Waals surface area contributed by atoms with E-state index in [1.165, 1.54) is 19.3 Å². The van der Waals surface area contributed by atoms with Gasteiger partial charge in [0.2, 0.25) is 0 Å². The molecule has 0 aliphatic heterocycles. The Labute approximate surface area is 120 Å². The van der Waals surface area contributed by atoms with E-state index in [1.807, 2.05) is 18.2 Å². The van der Waals surface area contributed by atoms with Crippen molar-refractivity contribution < 1.29 is 4.74 Å². The van der Waals surface area contributed by atoms with Gasteiger partial charge in [-0.1, -0.05) is 39.2 Å². The number of nitrogens with one attached hydrogen (secondary N) is 1. The molecule has 0 aliphatic rings. The molecule has 0 saturated carbocycles. The summed E-state index contributed by atoms with van der Waals surface area (Å²) >= 11 is 1.69. The Morgan fingerprint density at radius 3 is 2.68 bits per heavy atom. The van der Waals surface area contributed by atoms with E-state index < -0.39 is 0 Å². The first kappa shape index (κ1) is 15.9. The third-order valence-electron chi connectivity index (χ3n) is 2.81. The Bertz CT molecular complexity index is 407. The third-order valence-corrected chi connectivity index (χ3v) is 3.75. The average Bonchev–Trinajstić information content (AvgIpc) is 2.38. The lowest BCUT2D eigenvalue weighted by atomic mass is 10.2. The molecule has 4 heteroatoms. The van der Waals surface area contributed by atoms with Gasteiger partial charge in [-0.05, 0) is 24.3 Å². The second-order valence-corrected chi connectivity index (χ2v) is 5.69. The lowest BCUT2D eigenvalue weighted by molar-refractivity contribution is 0.304. The quantitative estimate of drug-likeness (QED) is 0.310. The van der Waals surface area contributed by atoms with Gasteiger partial charge in [-0.2, -0.15) is 0 Å².